The van der Waals surface area contributed by atoms with Crippen molar-refractivity contribution in [2.24, 2.45) is 0 Å². The largest absolute Gasteiger partial charge is 0.453 e. The molecule has 23 heavy (non-hydrogen) atoms. The minimum Gasteiger partial charge on any atom is -0.453 e. The predicted octanol–water partition coefficient (Wildman–Crippen LogP) is 3.08. The molecule has 0 atom stereocenters. The summed E-state index contributed by atoms with van der Waals surface area (Å²) in [6.07, 6.45) is -0.533. The first-order valence-electron chi connectivity index (χ1n) is 7.18. The quantitative estimate of drug-likeness (QED) is 0.805. The summed E-state index contributed by atoms with van der Waals surface area (Å²) in [6, 6.07) is 14.2. The molecule has 6 heteroatoms. The van der Waals surface area contributed by atoms with Crippen LogP contribution in [0.4, 0.5) is 9.18 Å². The van der Waals surface area contributed by atoms with E-state index in [1.165, 1.54) is 13.2 Å². The molecule has 5 nitrogen and oxygen atoms in total. The molecule has 0 unspecified atom stereocenters. The maximum atomic E-state index is 14.0. The summed E-state index contributed by atoms with van der Waals surface area (Å²) in [5, 5.41) is 2.61. The van der Waals surface area contributed by atoms with Gasteiger partial charge in [-0.1, -0.05) is 30.3 Å². The molecular weight excluding hydrogens is 297 g/mol. The zero-order chi connectivity index (χ0) is 16.2. The summed E-state index contributed by atoms with van der Waals surface area (Å²) in [5.41, 5.74) is 2.25. The Kier molecular flexibility index (Phi) is 4.23. The number of ether oxygens (including phenoxy) is 1. The summed E-state index contributed by atoms with van der Waals surface area (Å²) in [7, 11) is 1.30. The number of hydrogen-bond donors (Lipinski definition) is 1. The second kappa shape index (κ2) is 6.48. The van der Waals surface area contributed by atoms with Crippen LogP contribution in [0.15, 0.2) is 48.5 Å². The third-order valence-corrected chi connectivity index (χ3v) is 3.60. The molecule has 0 saturated carbocycles. The standard InChI is InChI=1S/C17H16FN3O2/c1-23-17(22)19-10-16-20-14-8-4-5-9-15(14)21(16)11-12-6-2-3-7-13(12)18/h2-9H,10-11H2,1H3,(H,19,22). The molecule has 0 aliphatic rings. The molecule has 0 aliphatic carbocycles. The zero-order valence-corrected chi connectivity index (χ0v) is 12.6. The molecule has 1 N–H and O–H groups in total. The van der Waals surface area contributed by atoms with Gasteiger partial charge in [-0.2, -0.15) is 0 Å². The molecule has 1 heterocycles. The lowest BCUT2D eigenvalue weighted by atomic mass is 10.2. The highest BCUT2D eigenvalue weighted by Gasteiger charge is 2.13. The van der Waals surface area contributed by atoms with Gasteiger partial charge in [-0.15, -0.1) is 0 Å². The molecule has 118 valence electrons. The molecule has 3 aromatic rings. The van der Waals surface area contributed by atoms with Crippen LogP contribution in [0, 0.1) is 5.82 Å². The minimum atomic E-state index is -0.533. The zero-order valence-electron chi connectivity index (χ0n) is 12.6. The van der Waals surface area contributed by atoms with Crippen molar-refractivity contribution in [2.75, 3.05) is 7.11 Å². The number of benzene rings is 2. The molecule has 1 aromatic heterocycles. The van der Waals surface area contributed by atoms with Crippen LogP contribution in [0.1, 0.15) is 11.4 Å². The Bertz CT molecular complexity index is 845. The van der Waals surface area contributed by atoms with Crippen molar-refractivity contribution < 1.29 is 13.9 Å². The number of carbonyl (C=O) groups excluding carboxylic acids is 1. The Labute approximate surface area is 132 Å². The molecule has 0 spiro atoms. The average molecular weight is 313 g/mol. The third kappa shape index (κ3) is 3.15. The van der Waals surface area contributed by atoms with E-state index in [0.29, 0.717) is 17.9 Å². The summed E-state index contributed by atoms with van der Waals surface area (Å²) >= 11 is 0. The summed E-state index contributed by atoms with van der Waals surface area (Å²) in [6.45, 7) is 0.543. The van der Waals surface area contributed by atoms with Crippen molar-refractivity contribution in [3.63, 3.8) is 0 Å². The highest BCUT2D eigenvalue weighted by Crippen LogP contribution is 2.19. The van der Waals surface area contributed by atoms with Crippen LogP contribution >= 0.6 is 0 Å². The monoisotopic (exact) mass is 313 g/mol. The Morgan fingerprint density at radius 1 is 1.22 bits per heavy atom. The number of nitrogens with zero attached hydrogens (tertiary/aromatic N) is 2. The molecule has 3 rings (SSSR count). The van der Waals surface area contributed by atoms with Gasteiger partial charge in [0.1, 0.15) is 11.6 Å². The van der Waals surface area contributed by atoms with Gasteiger partial charge < -0.3 is 14.6 Å². The van der Waals surface area contributed by atoms with E-state index in [0.717, 1.165) is 11.0 Å². The van der Waals surface area contributed by atoms with E-state index < -0.39 is 6.09 Å². The van der Waals surface area contributed by atoms with E-state index >= 15 is 0 Å². The van der Waals surface area contributed by atoms with Gasteiger partial charge >= 0.3 is 6.09 Å². The highest BCUT2D eigenvalue weighted by molar-refractivity contribution is 5.76. The highest BCUT2D eigenvalue weighted by atomic mass is 19.1. The van der Waals surface area contributed by atoms with Gasteiger partial charge in [0, 0.05) is 5.56 Å². The number of fused-ring (bicyclic) bond motifs is 1. The molecular formula is C17H16FN3O2. The van der Waals surface area contributed by atoms with Crippen molar-refractivity contribution in [2.45, 2.75) is 13.1 Å². The molecule has 0 saturated heterocycles. The van der Waals surface area contributed by atoms with Crippen LogP contribution in [-0.4, -0.2) is 22.8 Å². The topological polar surface area (TPSA) is 56.1 Å². The van der Waals surface area contributed by atoms with Gasteiger partial charge in [0.25, 0.3) is 0 Å². The summed E-state index contributed by atoms with van der Waals surface area (Å²) < 4.78 is 20.4. The predicted molar refractivity (Wildman–Crippen MR) is 84.5 cm³/mol. The number of para-hydroxylation sites is 2. The Hall–Kier alpha value is -2.89. The van der Waals surface area contributed by atoms with Crippen LogP contribution < -0.4 is 5.32 Å². The second-order valence-electron chi connectivity index (χ2n) is 5.04. The number of alkyl carbamates (subject to hydrolysis) is 1. The number of imidazole rings is 1. The number of carbonyl (C=O) groups is 1. The van der Waals surface area contributed by atoms with Crippen LogP contribution in [0.5, 0.6) is 0 Å². The Morgan fingerprint density at radius 3 is 2.74 bits per heavy atom. The average Bonchev–Trinajstić information content (AvgIpc) is 2.92. The van der Waals surface area contributed by atoms with Crippen molar-refractivity contribution in [3.05, 3.63) is 65.7 Å². The lowest BCUT2D eigenvalue weighted by molar-refractivity contribution is 0.170. The number of hydrogen-bond acceptors (Lipinski definition) is 3. The fraction of sp³-hybridized carbons (Fsp3) is 0.176. The van der Waals surface area contributed by atoms with E-state index in [1.807, 2.05) is 28.8 Å². The summed E-state index contributed by atoms with van der Waals surface area (Å²) in [5.74, 6) is 0.372. The van der Waals surface area contributed by atoms with Crippen molar-refractivity contribution in [1.82, 2.24) is 14.9 Å². The van der Waals surface area contributed by atoms with Gasteiger partial charge in [-0.3, -0.25) is 0 Å². The van der Waals surface area contributed by atoms with Gasteiger partial charge in [-0.25, -0.2) is 14.2 Å². The first kappa shape index (κ1) is 15.0. The van der Waals surface area contributed by atoms with Gasteiger partial charge in [-0.05, 0) is 18.2 Å². The summed E-state index contributed by atoms with van der Waals surface area (Å²) in [4.78, 5) is 15.8. The Morgan fingerprint density at radius 2 is 1.96 bits per heavy atom. The fourth-order valence-corrected chi connectivity index (χ4v) is 2.46. The number of rotatable bonds is 4. The van der Waals surface area contributed by atoms with Crippen molar-refractivity contribution in [3.8, 4) is 0 Å². The van der Waals surface area contributed by atoms with Crippen LogP contribution in [0.25, 0.3) is 11.0 Å². The molecule has 2 aromatic carbocycles. The maximum Gasteiger partial charge on any atom is 0.407 e. The van der Waals surface area contributed by atoms with E-state index in [4.69, 9.17) is 0 Å². The maximum absolute atomic E-state index is 14.0. The van der Waals surface area contributed by atoms with Crippen LogP contribution in [0.3, 0.4) is 0 Å². The van der Waals surface area contributed by atoms with E-state index in [-0.39, 0.29) is 12.4 Å². The lowest BCUT2D eigenvalue weighted by Crippen LogP contribution is -2.24. The lowest BCUT2D eigenvalue weighted by Gasteiger charge is -2.10. The first-order valence-corrected chi connectivity index (χ1v) is 7.18. The fourth-order valence-electron chi connectivity index (χ4n) is 2.46. The SMILES string of the molecule is COC(=O)NCc1nc2ccccc2n1Cc1ccccc1F. The van der Waals surface area contributed by atoms with Gasteiger partial charge in [0.05, 0.1) is 31.2 Å². The first-order chi connectivity index (χ1) is 11.2. The smallest absolute Gasteiger partial charge is 0.407 e. The molecule has 0 fully saturated rings. The van der Waals surface area contributed by atoms with Crippen LogP contribution in [0.2, 0.25) is 0 Å². The van der Waals surface area contributed by atoms with E-state index in [2.05, 4.69) is 15.0 Å². The normalized spacial score (nSPS) is 10.7. The number of halogens is 1. The molecule has 0 radical (unpaired) electrons. The van der Waals surface area contributed by atoms with E-state index in [1.54, 1.807) is 18.2 Å². The van der Waals surface area contributed by atoms with Crippen LogP contribution in [-0.2, 0) is 17.8 Å². The minimum absolute atomic E-state index is 0.204. The number of methoxy groups -OCH3 is 1. The third-order valence-electron chi connectivity index (χ3n) is 3.60. The molecule has 0 aliphatic heterocycles. The Balaban J connectivity index is 1.99. The number of aromatic nitrogens is 2. The van der Waals surface area contributed by atoms with Crippen molar-refractivity contribution >= 4 is 17.1 Å². The van der Waals surface area contributed by atoms with Gasteiger partial charge in [0.15, 0.2) is 0 Å². The second-order valence-corrected chi connectivity index (χ2v) is 5.04. The van der Waals surface area contributed by atoms with E-state index in [9.17, 15) is 9.18 Å². The molecule has 0 bridgehead atoms. The number of nitrogens with one attached hydrogen (secondary N) is 1. The van der Waals surface area contributed by atoms with Crippen molar-refractivity contribution in [1.29, 1.82) is 0 Å². The number of amides is 1. The van der Waals surface area contributed by atoms with Gasteiger partial charge in [0.2, 0.25) is 0 Å². The molecule has 1 amide bonds.